The van der Waals surface area contributed by atoms with Gasteiger partial charge in [-0.1, -0.05) is 13.8 Å². The summed E-state index contributed by atoms with van der Waals surface area (Å²) in [5.74, 6) is 1.54. The van der Waals surface area contributed by atoms with Crippen molar-refractivity contribution in [3.63, 3.8) is 0 Å². The van der Waals surface area contributed by atoms with Crippen LogP contribution in [0.4, 0.5) is 0 Å². The van der Waals surface area contributed by atoms with Crippen molar-refractivity contribution in [3.05, 3.63) is 22.5 Å². The van der Waals surface area contributed by atoms with Crippen molar-refractivity contribution in [2.45, 2.75) is 77.4 Å². The molecule has 1 aliphatic heterocycles. The normalized spacial score (nSPS) is 22.9. The molecule has 0 radical (unpaired) electrons. The summed E-state index contributed by atoms with van der Waals surface area (Å²) in [6, 6.07) is 2.38. The number of aliphatic hydroxyl groups is 1. The molecule has 0 amide bonds. The molecule has 4 rings (SSSR count). The number of hydrogen-bond acceptors (Lipinski definition) is 6. The Bertz CT molecular complexity index is 839. The molecular weight excluding hydrogens is 382 g/mol. The second-order valence-electron chi connectivity index (χ2n) is 9.84. The maximum atomic E-state index is 9.69. The summed E-state index contributed by atoms with van der Waals surface area (Å²) in [5, 5.41) is 10.9. The van der Waals surface area contributed by atoms with E-state index in [1.54, 1.807) is 7.11 Å². The second-order valence-corrected chi connectivity index (χ2v) is 10.9. The van der Waals surface area contributed by atoms with Gasteiger partial charge in [-0.2, -0.15) is 0 Å². The monoisotopic (exact) mass is 417 g/mol. The van der Waals surface area contributed by atoms with Crippen LogP contribution in [0.5, 0.6) is 0 Å². The molecule has 1 N–H and O–H groups in total. The van der Waals surface area contributed by atoms with E-state index in [4.69, 9.17) is 14.7 Å². The van der Waals surface area contributed by atoms with Gasteiger partial charge in [0.1, 0.15) is 10.7 Å². The number of thiophene rings is 1. The quantitative estimate of drug-likeness (QED) is 0.767. The van der Waals surface area contributed by atoms with Gasteiger partial charge in [0.25, 0.3) is 0 Å². The molecule has 29 heavy (non-hydrogen) atoms. The molecule has 1 saturated heterocycles. The fraction of sp³-hybridized carbons (Fsp3) is 0.739. The molecule has 3 heterocycles. The Morgan fingerprint density at radius 3 is 2.48 bits per heavy atom. The van der Waals surface area contributed by atoms with Crippen molar-refractivity contribution in [2.24, 2.45) is 5.41 Å². The smallest absolute Gasteiger partial charge is 0.127 e. The third kappa shape index (κ3) is 4.50. The third-order valence-electron chi connectivity index (χ3n) is 7.21. The zero-order valence-electron chi connectivity index (χ0n) is 18.3. The lowest BCUT2D eigenvalue weighted by Gasteiger charge is -2.39. The summed E-state index contributed by atoms with van der Waals surface area (Å²) in [6.45, 7) is 9.59. The van der Waals surface area contributed by atoms with Crippen molar-refractivity contribution in [1.29, 1.82) is 0 Å². The molecule has 2 aliphatic rings. The van der Waals surface area contributed by atoms with Crippen molar-refractivity contribution >= 4 is 21.6 Å². The summed E-state index contributed by atoms with van der Waals surface area (Å²) in [6.07, 6.45) is 6.91. The van der Waals surface area contributed by atoms with E-state index in [2.05, 4.69) is 24.8 Å². The molecule has 160 valence electrons. The van der Waals surface area contributed by atoms with Crippen LogP contribution in [0.15, 0.2) is 6.07 Å². The maximum Gasteiger partial charge on any atom is 0.127 e. The number of nitrogens with zero attached hydrogens (tertiary/aromatic N) is 3. The van der Waals surface area contributed by atoms with Gasteiger partial charge >= 0.3 is 0 Å². The predicted molar refractivity (Wildman–Crippen MR) is 118 cm³/mol. The number of fused-ring (bicyclic) bond motifs is 1. The van der Waals surface area contributed by atoms with Crippen LogP contribution < -0.4 is 0 Å². The van der Waals surface area contributed by atoms with E-state index >= 15 is 0 Å². The summed E-state index contributed by atoms with van der Waals surface area (Å²) in [4.78, 5) is 14.7. The lowest BCUT2D eigenvalue weighted by molar-refractivity contribution is -0.0900. The minimum absolute atomic E-state index is 0.0975. The van der Waals surface area contributed by atoms with Crippen LogP contribution in [-0.2, 0) is 11.3 Å². The van der Waals surface area contributed by atoms with E-state index in [0.29, 0.717) is 11.3 Å². The summed E-state index contributed by atoms with van der Waals surface area (Å²) in [7, 11) is 1.71. The Morgan fingerprint density at radius 1 is 1.17 bits per heavy atom. The molecule has 0 bridgehead atoms. The lowest BCUT2D eigenvalue weighted by Crippen LogP contribution is -2.47. The van der Waals surface area contributed by atoms with Crippen LogP contribution >= 0.6 is 11.3 Å². The van der Waals surface area contributed by atoms with Gasteiger partial charge in [-0.3, -0.25) is 4.90 Å². The van der Waals surface area contributed by atoms with Gasteiger partial charge in [-0.15, -0.1) is 11.3 Å². The Hall–Kier alpha value is -1.08. The highest BCUT2D eigenvalue weighted by molar-refractivity contribution is 7.18. The first kappa shape index (κ1) is 21.2. The number of aromatic nitrogens is 2. The molecule has 6 heteroatoms. The first-order valence-electron chi connectivity index (χ1n) is 11.0. The number of aliphatic hydroxyl groups excluding tert-OH is 1. The Kier molecular flexibility index (Phi) is 6.00. The average Bonchev–Trinajstić information content (AvgIpc) is 3.13. The number of ether oxygens (including phenoxy) is 1. The highest BCUT2D eigenvalue weighted by Crippen LogP contribution is 2.45. The Labute approximate surface area is 178 Å². The zero-order valence-corrected chi connectivity index (χ0v) is 19.1. The Balaban J connectivity index is 1.52. The van der Waals surface area contributed by atoms with Gasteiger partial charge in [0.05, 0.1) is 17.9 Å². The standard InChI is InChI=1S/C23H35N3O2S/c1-16-24-19(14-26-11-9-23(15-27,28-4)10-12-26)18-13-20(29-21(18)25-16)17-5-7-22(2,3)8-6-17/h13,17,27H,5-12,14-15H2,1-4H3. The van der Waals surface area contributed by atoms with Crippen LogP contribution in [0.1, 0.15) is 74.7 Å². The number of rotatable bonds is 5. The van der Waals surface area contributed by atoms with Gasteiger partial charge in [0.15, 0.2) is 0 Å². The third-order valence-corrected chi connectivity index (χ3v) is 8.40. The van der Waals surface area contributed by atoms with Crippen LogP contribution in [0, 0.1) is 12.3 Å². The number of likely N-dealkylation sites (tertiary alicyclic amines) is 1. The van der Waals surface area contributed by atoms with Crippen molar-refractivity contribution in [1.82, 2.24) is 14.9 Å². The van der Waals surface area contributed by atoms with Gasteiger partial charge in [-0.25, -0.2) is 9.97 Å². The lowest BCUT2D eigenvalue weighted by atomic mass is 9.73. The predicted octanol–water partition coefficient (Wildman–Crippen LogP) is 4.66. The van der Waals surface area contributed by atoms with Crippen molar-refractivity contribution < 1.29 is 9.84 Å². The molecule has 2 aromatic heterocycles. The number of piperidine rings is 1. The topological polar surface area (TPSA) is 58.5 Å². The molecule has 0 atom stereocenters. The van der Waals surface area contributed by atoms with Crippen molar-refractivity contribution in [3.8, 4) is 0 Å². The van der Waals surface area contributed by atoms with Gasteiger partial charge in [0, 0.05) is 37.0 Å². The first-order valence-corrected chi connectivity index (χ1v) is 11.8. The fourth-order valence-corrected chi connectivity index (χ4v) is 6.15. The average molecular weight is 418 g/mol. The van der Waals surface area contributed by atoms with Crippen LogP contribution in [-0.4, -0.2) is 52.4 Å². The number of aryl methyl sites for hydroxylation is 1. The molecule has 1 saturated carbocycles. The number of methoxy groups -OCH3 is 1. The fourth-order valence-electron chi connectivity index (χ4n) is 4.88. The van der Waals surface area contributed by atoms with Crippen LogP contribution in [0.3, 0.4) is 0 Å². The van der Waals surface area contributed by atoms with Crippen LogP contribution in [0.25, 0.3) is 10.2 Å². The molecule has 0 unspecified atom stereocenters. The molecule has 5 nitrogen and oxygen atoms in total. The van der Waals surface area contributed by atoms with E-state index < -0.39 is 0 Å². The minimum atomic E-state index is -0.363. The van der Waals surface area contributed by atoms with Gasteiger partial charge < -0.3 is 9.84 Å². The highest BCUT2D eigenvalue weighted by atomic mass is 32.1. The maximum absolute atomic E-state index is 9.69. The minimum Gasteiger partial charge on any atom is -0.393 e. The number of hydrogen-bond donors (Lipinski definition) is 1. The molecular formula is C23H35N3O2S. The highest BCUT2D eigenvalue weighted by Gasteiger charge is 2.34. The summed E-state index contributed by atoms with van der Waals surface area (Å²) in [5.41, 5.74) is 1.28. The van der Waals surface area contributed by atoms with Crippen LogP contribution in [0.2, 0.25) is 0 Å². The SMILES string of the molecule is COC1(CO)CCN(Cc2nc(C)nc3sc(C4CCC(C)(C)CC4)cc23)CC1. The van der Waals surface area contributed by atoms with Gasteiger partial charge in [0.2, 0.25) is 0 Å². The summed E-state index contributed by atoms with van der Waals surface area (Å²) < 4.78 is 5.60. The largest absolute Gasteiger partial charge is 0.393 e. The van der Waals surface area contributed by atoms with E-state index in [-0.39, 0.29) is 12.2 Å². The molecule has 0 aromatic carbocycles. The van der Waals surface area contributed by atoms with Crippen molar-refractivity contribution in [2.75, 3.05) is 26.8 Å². The Morgan fingerprint density at radius 2 is 1.86 bits per heavy atom. The van der Waals surface area contributed by atoms with E-state index in [9.17, 15) is 5.11 Å². The second kappa shape index (κ2) is 8.22. The van der Waals surface area contributed by atoms with E-state index in [1.165, 1.54) is 35.9 Å². The molecule has 1 aliphatic carbocycles. The van der Waals surface area contributed by atoms with E-state index in [0.717, 1.165) is 48.8 Å². The molecule has 2 fully saturated rings. The first-order chi connectivity index (χ1) is 13.8. The van der Waals surface area contributed by atoms with Gasteiger partial charge in [-0.05, 0) is 62.8 Å². The van der Waals surface area contributed by atoms with E-state index in [1.807, 2.05) is 18.3 Å². The molecule has 0 spiro atoms. The zero-order chi connectivity index (χ0) is 20.6. The summed E-state index contributed by atoms with van der Waals surface area (Å²) >= 11 is 1.88. The molecule has 2 aromatic rings.